The number of sulfonamides is 1. The van der Waals surface area contributed by atoms with Crippen LogP contribution in [0.1, 0.15) is 24.5 Å². The fourth-order valence-corrected chi connectivity index (χ4v) is 4.00. The maximum absolute atomic E-state index is 13.0. The minimum Gasteiger partial charge on any atom is -0.481 e. The minimum absolute atomic E-state index is 0.0123. The van der Waals surface area contributed by atoms with Crippen LogP contribution in [0.2, 0.25) is 0 Å². The van der Waals surface area contributed by atoms with E-state index >= 15 is 0 Å². The van der Waals surface area contributed by atoms with E-state index in [0.717, 1.165) is 11.1 Å². The molecule has 1 amide bonds. The average Bonchev–Trinajstić information content (AvgIpc) is 2.76. The molecule has 0 bridgehead atoms. The molecule has 0 saturated carbocycles. The second kappa shape index (κ2) is 9.82. The van der Waals surface area contributed by atoms with Gasteiger partial charge in [-0.1, -0.05) is 13.0 Å². The van der Waals surface area contributed by atoms with Crippen LogP contribution in [0.15, 0.2) is 71.6 Å². The number of carbonyl (C=O) groups is 1. The molecular weight excluding hydrogens is 431 g/mol. The number of benzene rings is 3. The SMILES string of the molecule is CC[C@@H](Oc1ccc(C)c(C)c1)C(=O)Nc1ccc(S(=O)(=O)Nc2ccc(F)cc2)cc1. The lowest BCUT2D eigenvalue weighted by atomic mass is 10.1. The molecule has 0 aromatic heterocycles. The van der Waals surface area contributed by atoms with Crippen LogP contribution in [0, 0.1) is 19.7 Å². The molecule has 0 aliphatic heterocycles. The van der Waals surface area contributed by atoms with Gasteiger partial charge < -0.3 is 10.1 Å². The van der Waals surface area contributed by atoms with E-state index in [1.807, 2.05) is 39.0 Å². The number of halogens is 1. The molecular formula is C24H25FN2O4S. The number of hydrogen-bond donors (Lipinski definition) is 2. The van der Waals surface area contributed by atoms with Gasteiger partial charge in [0.1, 0.15) is 11.6 Å². The Hall–Kier alpha value is -3.39. The van der Waals surface area contributed by atoms with Crippen LogP contribution in [-0.4, -0.2) is 20.4 Å². The molecule has 0 radical (unpaired) electrons. The van der Waals surface area contributed by atoms with Crippen molar-refractivity contribution in [3.63, 3.8) is 0 Å². The molecule has 3 rings (SSSR count). The lowest BCUT2D eigenvalue weighted by Gasteiger charge is -2.18. The number of nitrogens with one attached hydrogen (secondary N) is 2. The standard InChI is InChI=1S/C24H25FN2O4S/c1-4-23(31-21-12-5-16(2)17(3)15-21)24(28)26-19-10-13-22(14-11-19)32(29,30)27-20-8-6-18(25)7-9-20/h5-15,23,27H,4H2,1-3H3,(H,26,28)/t23-/m1/s1. The second-order valence-corrected chi connectivity index (χ2v) is 9.07. The third kappa shape index (κ3) is 5.85. The zero-order valence-corrected chi connectivity index (χ0v) is 18.9. The van der Waals surface area contributed by atoms with Gasteiger partial charge in [0.2, 0.25) is 0 Å². The van der Waals surface area contributed by atoms with E-state index < -0.39 is 21.9 Å². The number of carbonyl (C=O) groups excluding carboxylic acids is 1. The molecule has 0 heterocycles. The Balaban J connectivity index is 1.66. The molecule has 2 N–H and O–H groups in total. The van der Waals surface area contributed by atoms with Gasteiger partial charge in [-0.05, 0) is 92.1 Å². The number of rotatable bonds is 8. The monoisotopic (exact) mass is 456 g/mol. The second-order valence-electron chi connectivity index (χ2n) is 7.39. The highest BCUT2D eigenvalue weighted by Gasteiger charge is 2.20. The van der Waals surface area contributed by atoms with Crippen molar-refractivity contribution in [3.05, 3.63) is 83.7 Å². The quantitative estimate of drug-likeness (QED) is 0.497. The molecule has 3 aromatic rings. The van der Waals surface area contributed by atoms with Crippen molar-refractivity contribution in [1.82, 2.24) is 0 Å². The number of hydrogen-bond acceptors (Lipinski definition) is 4. The van der Waals surface area contributed by atoms with Gasteiger partial charge in [0.15, 0.2) is 6.10 Å². The van der Waals surface area contributed by atoms with Crippen molar-refractivity contribution >= 4 is 27.3 Å². The molecule has 0 fully saturated rings. The van der Waals surface area contributed by atoms with Gasteiger partial charge in [0.25, 0.3) is 15.9 Å². The summed E-state index contributed by atoms with van der Waals surface area (Å²) in [7, 11) is -3.85. The fraction of sp³-hybridized carbons (Fsp3) is 0.208. The first-order valence-electron chi connectivity index (χ1n) is 10.1. The molecule has 0 aliphatic carbocycles. The van der Waals surface area contributed by atoms with Crippen LogP contribution in [0.25, 0.3) is 0 Å². The molecule has 0 aliphatic rings. The molecule has 32 heavy (non-hydrogen) atoms. The minimum atomic E-state index is -3.85. The average molecular weight is 457 g/mol. The van der Waals surface area contributed by atoms with E-state index in [0.29, 0.717) is 17.9 Å². The van der Waals surface area contributed by atoms with Gasteiger partial charge in [-0.25, -0.2) is 12.8 Å². The lowest BCUT2D eigenvalue weighted by Crippen LogP contribution is -2.32. The first-order chi connectivity index (χ1) is 15.2. The summed E-state index contributed by atoms with van der Waals surface area (Å²) in [5.74, 6) is -0.172. The van der Waals surface area contributed by atoms with E-state index in [4.69, 9.17) is 4.74 Å². The predicted molar refractivity (Wildman–Crippen MR) is 123 cm³/mol. The number of anilines is 2. The summed E-state index contributed by atoms with van der Waals surface area (Å²) >= 11 is 0. The van der Waals surface area contributed by atoms with Crippen LogP contribution in [-0.2, 0) is 14.8 Å². The summed E-state index contributed by atoms with van der Waals surface area (Å²) in [5, 5.41) is 2.75. The van der Waals surface area contributed by atoms with E-state index in [9.17, 15) is 17.6 Å². The van der Waals surface area contributed by atoms with Gasteiger partial charge >= 0.3 is 0 Å². The van der Waals surface area contributed by atoms with Crippen molar-refractivity contribution in [3.8, 4) is 5.75 Å². The first kappa shape index (κ1) is 23.3. The third-order valence-corrected chi connectivity index (χ3v) is 6.35. The van der Waals surface area contributed by atoms with Crippen LogP contribution in [0.5, 0.6) is 5.75 Å². The highest BCUT2D eigenvalue weighted by atomic mass is 32.2. The smallest absolute Gasteiger partial charge is 0.265 e. The van der Waals surface area contributed by atoms with Crippen molar-refractivity contribution < 1.29 is 22.3 Å². The molecule has 6 nitrogen and oxygen atoms in total. The number of amides is 1. The van der Waals surface area contributed by atoms with Crippen LogP contribution in [0.4, 0.5) is 15.8 Å². The summed E-state index contributed by atoms with van der Waals surface area (Å²) in [6, 6.07) is 16.4. The van der Waals surface area contributed by atoms with Gasteiger partial charge in [-0.3, -0.25) is 9.52 Å². The fourth-order valence-electron chi connectivity index (χ4n) is 2.95. The Bertz CT molecular complexity index is 1190. The predicted octanol–water partition coefficient (Wildman–Crippen LogP) is 5.04. The summed E-state index contributed by atoms with van der Waals surface area (Å²) in [6.45, 7) is 5.83. The van der Waals surface area contributed by atoms with Crippen LogP contribution < -0.4 is 14.8 Å². The maximum Gasteiger partial charge on any atom is 0.265 e. The highest BCUT2D eigenvalue weighted by molar-refractivity contribution is 7.92. The zero-order valence-electron chi connectivity index (χ0n) is 18.1. The van der Waals surface area contributed by atoms with E-state index in [2.05, 4.69) is 10.0 Å². The van der Waals surface area contributed by atoms with Gasteiger partial charge in [-0.15, -0.1) is 0 Å². The molecule has 0 unspecified atom stereocenters. The summed E-state index contributed by atoms with van der Waals surface area (Å²) in [6.07, 6.45) is -0.229. The molecule has 8 heteroatoms. The van der Waals surface area contributed by atoms with Crippen molar-refractivity contribution in [2.75, 3.05) is 10.0 Å². The van der Waals surface area contributed by atoms with Gasteiger partial charge in [-0.2, -0.15) is 0 Å². The molecule has 3 aromatic carbocycles. The Kier molecular flexibility index (Phi) is 7.15. The lowest BCUT2D eigenvalue weighted by molar-refractivity contribution is -0.122. The van der Waals surface area contributed by atoms with Crippen molar-refractivity contribution in [1.29, 1.82) is 0 Å². The molecule has 1 atom stereocenters. The zero-order chi connectivity index (χ0) is 23.3. The summed E-state index contributed by atoms with van der Waals surface area (Å²) in [5.41, 5.74) is 2.90. The van der Waals surface area contributed by atoms with Crippen LogP contribution in [0.3, 0.4) is 0 Å². The van der Waals surface area contributed by atoms with E-state index in [1.54, 1.807) is 0 Å². The van der Waals surface area contributed by atoms with Crippen molar-refractivity contribution in [2.24, 2.45) is 0 Å². The van der Waals surface area contributed by atoms with Gasteiger partial charge in [0, 0.05) is 11.4 Å². The largest absolute Gasteiger partial charge is 0.481 e. The molecule has 168 valence electrons. The Labute approximate surface area is 187 Å². The molecule has 0 saturated heterocycles. The highest BCUT2D eigenvalue weighted by Crippen LogP contribution is 2.21. The Morgan fingerprint density at radius 1 is 0.938 bits per heavy atom. The number of ether oxygens (including phenoxy) is 1. The third-order valence-electron chi connectivity index (χ3n) is 4.95. The van der Waals surface area contributed by atoms with E-state index in [-0.39, 0.29) is 16.5 Å². The van der Waals surface area contributed by atoms with E-state index in [1.165, 1.54) is 48.5 Å². The van der Waals surface area contributed by atoms with Crippen molar-refractivity contribution in [2.45, 2.75) is 38.2 Å². The van der Waals surface area contributed by atoms with Crippen LogP contribution >= 0.6 is 0 Å². The Morgan fingerprint density at radius 2 is 1.56 bits per heavy atom. The summed E-state index contributed by atoms with van der Waals surface area (Å²) in [4.78, 5) is 12.7. The first-order valence-corrected chi connectivity index (χ1v) is 11.6. The summed E-state index contributed by atoms with van der Waals surface area (Å²) < 4.78 is 46.3. The topological polar surface area (TPSA) is 84.5 Å². The maximum atomic E-state index is 13.0. The molecule has 0 spiro atoms. The normalized spacial score (nSPS) is 12.1. The Morgan fingerprint density at radius 3 is 2.16 bits per heavy atom. The number of aryl methyl sites for hydroxylation is 2. The van der Waals surface area contributed by atoms with Gasteiger partial charge in [0.05, 0.1) is 4.90 Å².